The molecule has 0 saturated carbocycles. The molecule has 0 aliphatic rings. The molecular formula is C17H24N4O5S2. The number of methoxy groups -OCH3 is 2. The van der Waals surface area contributed by atoms with Gasteiger partial charge in [0, 0.05) is 19.0 Å². The van der Waals surface area contributed by atoms with E-state index in [2.05, 4.69) is 15.5 Å². The Balaban J connectivity index is 2.17. The van der Waals surface area contributed by atoms with Gasteiger partial charge in [0.15, 0.2) is 11.5 Å². The molecule has 9 nitrogen and oxygen atoms in total. The van der Waals surface area contributed by atoms with E-state index < -0.39 is 15.4 Å². The van der Waals surface area contributed by atoms with E-state index in [1.54, 1.807) is 39.0 Å². The number of anilines is 1. The van der Waals surface area contributed by atoms with Crippen LogP contribution in [0.15, 0.2) is 22.5 Å². The van der Waals surface area contributed by atoms with Crippen LogP contribution in [0.25, 0.3) is 0 Å². The van der Waals surface area contributed by atoms with Gasteiger partial charge in [-0.15, -0.1) is 10.2 Å². The number of amides is 1. The lowest BCUT2D eigenvalue weighted by atomic mass is 9.96. The Kier molecular flexibility index (Phi) is 6.63. The molecule has 1 aromatic heterocycles. The third kappa shape index (κ3) is 4.97. The number of aromatic nitrogens is 2. The maximum Gasteiger partial charge on any atom is 0.272 e. The van der Waals surface area contributed by atoms with Crippen LogP contribution in [0.3, 0.4) is 0 Å². The second-order valence-corrected chi connectivity index (χ2v) is 10.2. The smallest absolute Gasteiger partial charge is 0.272 e. The zero-order valence-electron chi connectivity index (χ0n) is 16.6. The van der Waals surface area contributed by atoms with E-state index in [0.29, 0.717) is 11.5 Å². The highest BCUT2D eigenvalue weighted by Crippen LogP contribution is 2.29. The Morgan fingerprint density at radius 1 is 1.18 bits per heavy atom. The van der Waals surface area contributed by atoms with Crippen LogP contribution in [0, 0.1) is 5.41 Å². The summed E-state index contributed by atoms with van der Waals surface area (Å²) in [5.74, 6) is 0.792. The molecule has 0 fully saturated rings. The molecule has 11 heteroatoms. The van der Waals surface area contributed by atoms with Crippen molar-refractivity contribution in [2.45, 2.75) is 31.7 Å². The normalized spacial score (nSPS) is 12.1. The number of nitrogens with one attached hydrogen (secondary N) is 1. The lowest BCUT2D eigenvalue weighted by Gasteiger charge is -2.16. The molecule has 0 spiro atoms. The number of benzene rings is 1. The van der Waals surface area contributed by atoms with E-state index in [-0.39, 0.29) is 21.9 Å². The molecule has 1 N–H and O–H groups in total. The van der Waals surface area contributed by atoms with Crippen LogP contribution < -0.4 is 14.8 Å². The summed E-state index contributed by atoms with van der Waals surface area (Å²) in [6.07, 6.45) is 0. The second-order valence-electron chi connectivity index (χ2n) is 7.03. The van der Waals surface area contributed by atoms with Crippen LogP contribution in [0.4, 0.5) is 5.13 Å². The van der Waals surface area contributed by atoms with Crippen molar-refractivity contribution >= 4 is 32.4 Å². The Labute approximate surface area is 168 Å². The van der Waals surface area contributed by atoms with E-state index >= 15 is 0 Å². The standard InChI is InChI=1S/C17H24N4O5S2/c1-17(2,3)14(22)18-15-19-20-16(27-15)28(23,24)21(4)10-11-7-8-12(25-5)13(9-11)26-6/h7-9H,10H2,1-6H3,(H,18,19,22). The first-order chi connectivity index (χ1) is 13.0. The summed E-state index contributed by atoms with van der Waals surface area (Å²) in [7, 11) is 0.615. The van der Waals surface area contributed by atoms with Crippen molar-refractivity contribution in [3.05, 3.63) is 23.8 Å². The molecule has 154 valence electrons. The highest BCUT2D eigenvalue weighted by atomic mass is 32.2. The maximum atomic E-state index is 12.8. The van der Waals surface area contributed by atoms with Gasteiger partial charge in [-0.2, -0.15) is 4.31 Å². The minimum Gasteiger partial charge on any atom is -0.493 e. The first-order valence-electron chi connectivity index (χ1n) is 8.31. The number of ether oxygens (including phenoxy) is 2. The molecule has 0 radical (unpaired) electrons. The molecular weight excluding hydrogens is 404 g/mol. The Morgan fingerprint density at radius 3 is 2.39 bits per heavy atom. The maximum absolute atomic E-state index is 12.8. The van der Waals surface area contributed by atoms with E-state index in [1.807, 2.05) is 0 Å². The van der Waals surface area contributed by atoms with Gasteiger partial charge in [0.1, 0.15) is 0 Å². The molecule has 0 aliphatic carbocycles. The van der Waals surface area contributed by atoms with E-state index in [9.17, 15) is 13.2 Å². The molecule has 1 amide bonds. The van der Waals surface area contributed by atoms with Gasteiger partial charge in [-0.05, 0) is 17.7 Å². The van der Waals surface area contributed by atoms with E-state index in [1.165, 1.54) is 21.3 Å². The molecule has 0 aliphatic heterocycles. The van der Waals surface area contributed by atoms with Gasteiger partial charge >= 0.3 is 0 Å². The van der Waals surface area contributed by atoms with Crippen molar-refractivity contribution < 1.29 is 22.7 Å². The fourth-order valence-corrected chi connectivity index (χ4v) is 4.35. The van der Waals surface area contributed by atoms with E-state index in [4.69, 9.17) is 9.47 Å². The molecule has 1 aromatic carbocycles. The monoisotopic (exact) mass is 428 g/mol. The number of sulfonamides is 1. The summed E-state index contributed by atoms with van der Waals surface area (Å²) in [6, 6.07) is 5.17. The molecule has 0 bridgehead atoms. The molecule has 2 rings (SSSR count). The summed E-state index contributed by atoms with van der Waals surface area (Å²) in [5, 5.41) is 10.2. The largest absolute Gasteiger partial charge is 0.493 e. The van der Waals surface area contributed by atoms with Gasteiger partial charge in [0.2, 0.25) is 15.4 Å². The van der Waals surface area contributed by atoms with Crippen LogP contribution >= 0.6 is 11.3 Å². The van der Waals surface area contributed by atoms with Gasteiger partial charge < -0.3 is 14.8 Å². The fourth-order valence-electron chi connectivity index (χ4n) is 2.10. The molecule has 0 saturated heterocycles. The SMILES string of the molecule is COc1ccc(CN(C)S(=O)(=O)c2nnc(NC(=O)C(C)(C)C)s2)cc1OC. The quantitative estimate of drug-likeness (QED) is 0.674. The van der Waals surface area contributed by atoms with Crippen LogP contribution in [0.1, 0.15) is 26.3 Å². The van der Waals surface area contributed by atoms with Gasteiger partial charge in [0.25, 0.3) is 10.0 Å². The van der Waals surface area contributed by atoms with Crippen molar-refractivity contribution in [2.24, 2.45) is 5.41 Å². The average molecular weight is 429 g/mol. The van der Waals surface area contributed by atoms with Crippen LogP contribution in [-0.2, 0) is 21.4 Å². The van der Waals surface area contributed by atoms with Crippen molar-refractivity contribution in [2.75, 3.05) is 26.6 Å². The Morgan fingerprint density at radius 2 is 1.82 bits per heavy atom. The van der Waals surface area contributed by atoms with Gasteiger partial charge in [-0.25, -0.2) is 8.42 Å². The number of carbonyl (C=O) groups excluding carboxylic acids is 1. The van der Waals surface area contributed by atoms with Gasteiger partial charge in [-0.3, -0.25) is 4.79 Å². The van der Waals surface area contributed by atoms with Gasteiger partial charge in [-0.1, -0.05) is 38.2 Å². The number of nitrogens with zero attached hydrogens (tertiary/aromatic N) is 3. The summed E-state index contributed by atoms with van der Waals surface area (Å²) >= 11 is 0.808. The Hall–Kier alpha value is -2.24. The third-order valence-electron chi connectivity index (χ3n) is 3.79. The average Bonchev–Trinajstić information content (AvgIpc) is 3.10. The lowest BCUT2D eigenvalue weighted by Crippen LogP contribution is -2.27. The first kappa shape index (κ1) is 22.1. The third-order valence-corrected chi connectivity index (χ3v) is 6.78. The summed E-state index contributed by atoms with van der Waals surface area (Å²) in [5.41, 5.74) is 0.0871. The van der Waals surface area contributed by atoms with Gasteiger partial charge in [0.05, 0.1) is 14.2 Å². The van der Waals surface area contributed by atoms with Crippen LogP contribution in [-0.4, -0.2) is 50.1 Å². The highest BCUT2D eigenvalue weighted by molar-refractivity contribution is 7.91. The minimum atomic E-state index is -3.87. The van der Waals surface area contributed by atoms with E-state index in [0.717, 1.165) is 21.2 Å². The second kappa shape index (κ2) is 8.41. The van der Waals surface area contributed by atoms with Crippen LogP contribution in [0.5, 0.6) is 11.5 Å². The zero-order valence-corrected chi connectivity index (χ0v) is 18.3. The molecule has 0 atom stereocenters. The molecule has 0 unspecified atom stereocenters. The highest BCUT2D eigenvalue weighted by Gasteiger charge is 2.28. The number of rotatable bonds is 7. The topological polar surface area (TPSA) is 111 Å². The predicted octanol–water partition coefficient (Wildman–Crippen LogP) is 2.36. The zero-order chi connectivity index (χ0) is 21.1. The molecule has 2 aromatic rings. The minimum absolute atomic E-state index is 0.103. The van der Waals surface area contributed by atoms with Crippen molar-refractivity contribution in [3.63, 3.8) is 0 Å². The summed E-state index contributed by atoms with van der Waals surface area (Å²) in [4.78, 5) is 12.0. The lowest BCUT2D eigenvalue weighted by molar-refractivity contribution is -0.123. The number of carbonyl (C=O) groups is 1. The summed E-state index contributed by atoms with van der Waals surface area (Å²) < 4.78 is 36.9. The molecule has 28 heavy (non-hydrogen) atoms. The summed E-state index contributed by atoms with van der Waals surface area (Å²) in [6.45, 7) is 5.35. The van der Waals surface area contributed by atoms with Crippen molar-refractivity contribution in [1.82, 2.24) is 14.5 Å². The number of hydrogen-bond donors (Lipinski definition) is 1. The van der Waals surface area contributed by atoms with Crippen molar-refractivity contribution in [3.8, 4) is 11.5 Å². The number of hydrogen-bond acceptors (Lipinski definition) is 8. The Bertz CT molecular complexity index is 951. The first-order valence-corrected chi connectivity index (χ1v) is 10.6. The molecule has 1 heterocycles. The van der Waals surface area contributed by atoms with Crippen LogP contribution in [0.2, 0.25) is 0 Å². The predicted molar refractivity (Wildman–Crippen MR) is 106 cm³/mol. The fraction of sp³-hybridized carbons (Fsp3) is 0.471. The van der Waals surface area contributed by atoms with Crippen molar-refractivity contribution in [1.29, 1.82) is 0 Å².